The van der Waals surface area contributed by atoms with E-state index in [1.165, 1.54) is 0 Å². The molecule has 1 aromatic carbocycles. The van der Waals surface area contributed by atoms with Crippen molar-refractivity contribution in [3.63, 3.8) is 0 Å². The van der Waals surface area contributed by atoms with E-state index < -0.39 is 0 Å². The molecule has 1 unspecified atom stereocenters. The van der Waals surface area contributed by atoms with Crippen molar-refractivity contribution in [1.82, 2.24) is 15.5 Å². The second kappa shape index (κ2) is 10.1. The van der Waals surface area contributed by atoms with Crippen LogP contribution in [0.4, 0.5) is 0 Å². The lowest BCUT2D eigenvalue weighted by Crippen LogP contribution is -2.51. The fourth-order valence-corrected chi connectivity index (χ4v) is 4.19. The van der Waals surface area contributed by atoms with Crippen molar-refractivity contribution < 1.29 is 19.1 Å². The number of piperidine rings is 1. The molecule has 2 fully saturated rings. The molecule has 1 aromatic rings. The Kier molecular flexibility index (Phi) is 8.07. The highest BCUT2D eigenvalue weighted by Gasteiger charge is 2.28. The Bertz CT molecular complexity index is 662. The lowest BCUT2D eigenvalue weighted by atomic mass is 10.0. The summed E-state index contributed by atoms with van der Waals surface area (Å²) in [5, 5.41) is 6.28. The zero-order valence-corrected chi connectivity index (χ0v) is 17.2. The largest absolute Gasteiger partial charge is 0.493 e. The number of methoxy groups -OCH3 is 2. The molecule has 0 aliphatic carbocycles. The van der Waals surface area contributed by atoms with Crippen LogP contribution in [0.1, 0.15) is 23.2 Å². The molecule has 2 N–H and O–H groups in total. The molecule has 9 heteroatoms. The van der Waals surface area contributed by atoms with Gasteiger partial charge in [-0.2, -0.15) is 0 Å². The first-order chi connectivity index (χ1) is 12.6. The monoisotopic (exact) mass is 415 g/mol. The third-order valence-corrected chi connectivity index (χ3v) is 5.73. The summed E-state index contributed by atoms with van der Waals surface area (Å²) >= 11 is 1.74. The third kappa shape index (κ3) is 5.21. The van der Waals surface area contributed by atoms with E-state index in [0.717, 1.165) is 24.5 Å². The molecule has 1 atom stereocenters. The van der Waals surface area contributed by atoms with Gasteiger partial charge in [-0.15, -0.1) is 24.2 Å². The van der Waals surface area contributed by atoms with Crippen molar-refractivity contribution in [2.75, 3.05) is 38.9 Å². The maximum Gasteiger partial charge on any atom is 0.253 e. The van der Waals surface area contributed by atoms with Crippen LogP contribution in [0.3, 0.4) is 0 Å². The molecule has 3 rings (SSSR count). The Labute approximate surface area is 169 Å². The van der Waals surface area contributed by atoms with E-state index in [1.807, 2.05) is 4.90 Å². The number of ether oxygens (including phenoxy) is 2. The highest BCUT2D eigenvalue weighted by atomic mass is 35.5. The predicted molar refractivity (Wildman–Crippen MR) is 108 cm³/mol. The molecule has 0 spiro atoms. The number of hydrogen-bond donors (Lipinski definition) is 2. The van der Waals surface area contributed by atoms with Gasteiger partial charge < -0.3 is 19.7 Å². The van der Waals surface area contributed by atoms with Gasteiger partial charge in [-0.05, 0) is 31.0 Å². The van der Waals surface area contributed by atoms with Crippen molar-refractivity contribution in [3.05, 3.63) is 23.8 Å². The van der Waals surface area contributed by atoms with Crippen LogP contribution in [0.5, 0.6) is 11.5 Å². The minimum absolute atomic E-state index is 0. The van der Waals surface area contributed by atoms with E-state index in [9.17, 15) is 9.59 Å². The molecular formula is C18H26ClN3O4S. The number of carbonyl (C=O) groups is 2. The van der Waals surface area contributed by atoms with E-state index in [4.69, 9.17) is 9.47 Å². The maximum absolute atomic E-state index is 12.7. The van der Waals surface area contributed by atoms with Crippen LogP contribution in [-0.4, -0.2) is 67.7 Å². The van der Waals surface area contributed by atoms with E-state index in [1.54, 1.807) is 44.2 Å². The summed E-state index contributed by atoms with van der Waals surface area (Å²) in [5.74, 6) is 2.84. The Balaban J connectivity index is 0.00000261. The number of carbonyl (C=O) groups excluding carboxylic acids is 2. The molecule has 0 radical (unpaired) electrons. The number of hydrogen-bond acceptors (Lipinski definition) is 6. The minimum atomic E-state index is -0.0913. The maximum atomic E-state index is 12.7. The van der Waals surface area contributed by atoms with Gasteiger partial charge in [-0.25, -0.2) is 0 Å². The minimum Gasteiger partial charge on any atom is -0.493 e. The van der Waals surface area contributed by atoms with Gasteiger partial charge in [0.25, 0.3) is 5.91 Å². The van der Waals surface area contributed by atoms with Crippen LogP contribution < -0.4 is 20.1 Å². The molecule has 2 heterocycles. The molecule has 27 heavy (non-hydrogen) atoms. The van der Waals surface area contributed by atoms with Gasteiger partial charge in [0.2, 0.25) is 5.91 Å². The van der Waals surface area contributed by atoms with Gasteiger partial charge >= 0.3 is 0 Å². The summed E-state index contributed by atoms with van der Waals surface area (Å²) < 4.78 is 10.5. The summed E-state index contributed by atoms with van der Waals surface area (Å²) in [6.07, 6.45) is 1.54. The van der Waals surface area contributed by atoms with Crippen molar-refractivity contribution in [3.8, 4) is 11.5 Å². The van der Waals surface area contributed by atoms with Gasteiger partial charge in [-0.3, -0.25) is 14.9 Å². The van der Waals surface area contributed by atoms with Gasteiger partial charge in [0.05, 0.1) is 20.3 Å². The summed E-state index contributed by atoms with van der Waals surface area (Å²) in [5.41, 5.74) is 0.581. The Morgan fingerprint density at radius 2 is 1.89 bits per heavy atom. The highest BCUT2D eigenvalue weighted by Crippen LogP contribution is 2.28. The zero-order valence-electron chi connectivity index (χ0n) is 15.5. The van der Waals surface area contributed by atoms with Crippen LogP contribution in [0, 0.1) is 0 Å². The van der Waals surface area contributed by atoms with Crippen LogP contribution >= 0.6 is 24.2 Å². The first-order valence-electron chi connectivity index (χ1n) is 8.75. The Hall–Kier alpha value is -1.64. The standard InChI is InChI=1S/C18H25N3O4S.ClH/c1-24-15-4-3-12(9-16(15)25-2)18(23)21-7-5-13(6-8-21)20-17(22)14-10-26-11-19-14;/h3-4,9,13-14,19H,5-8,10-11H2,1-2H3,(H,20,22);1H. The molecule has 2 aliphatic heterocycles. The normalized spacial score (nSPS) is 19.9. The van der Waals surface area contributed by atoms with Crippen molar-refractivity contribution in [2.24, 2.45) is 0 Å². The molecule has 2 aliphatic rings. The topological polar surface area (TPSA) is 79.9 Å². The SMILES string of the molecule is COc1ccc(C(=O)N2CCC(NC(=O)C3CSCN3)CC2)cc1OC.Cl. The number of amides is 2. The average molecular weight is 416 g/mol. The fourth-order valence-electron chi connectivity index (χ4n) is 3.24. The number of thioether (sulfide) groups is 1. The highest BCUT2D eigenvalue weighted by molar-refractivity contribution is 7.99. The summed E-state index contributed by atoms with van der Waals surface area (Å²) in [7, 11) is 3.12. The van der Waals surface area contributed by atoms with Crippen molar-refractivity contribution in [1.29, 1.82) is 0 Å². The lowest BCUT2D eigenvalue weighted by molar-refractivity contribution is -0.123. The summed E-state index contributed by atoms with van der Waals surface area (Å²) in [6, 6.07) is 5.24. The number of nitrogens with zero attached hydrogens (tertiary/aromatic N) is 1. The number of likely N-dealkylation sites (tertiary alicyclic amines) is 1. The number of nitrogens with one attached hydrogen (secondary N) is 2. The molecule has 150 valence electrons. The number of rotatable bonds is 5. The van der Waals surface area contributed by atoms with Crippen LogP contribution in [0.15, 0.2) is 18.2 Å². The fraction of sp³-hybridized carbons (Fsp3) is 0.556. The van der Waals surface area contributed by atoms with Crippen molar-refractivity contribution >= 4 is 36.0 Å². The summed E-state index contributed by atoms with van der Waals surface area (Å²) in [4.78, 5) is 26.8. The quantitative estimate of drug-likeness (QED) is 0.758. The predicted octanol–water partition coefficient (Wildman–Crippen LogP) is 1.51. The average Bonchev–Trinajstić information content (AvgIpc) is 3.22. The molecule has 2 saturated heterocycles. The Morgan fingerprint density at radius 1 is 1.19 bits per heavy atom. The molecule has 0 saturated carbocycles. The molecule has 2 amide bonds. The number of benzene rings is 1. The number of halogens is 1. The van der Waals surface area contributed by atoms with E-state index in [0.29, 0.717) is 30.2 Å². The second-order valence-corrected chi connectivity index (χ2v) is 7.45. The van der Waals surface area contributed by atoms with Gasteiger partial charge in [-0.1, -0.05) is 0 Å². The molecule has 0 aromatic heterocycles. The van der Waals surface area contributed by atoms with E-state index in [-0.39, 0.29) is 36.3 Å². The van der Waals surface area contributed by atoms with Crippen LogP contribution in [0.25, 0.3) is 0 Å². The van der Waals surface area contributed by atoms with Crippen LogP contribution in [-0.2, 0) is 4.79 Å². The molecular weight excluding hydrogens is 390 g/mol. The van der Waals surface area contributed by atoms with Gasteiger partial charge in [0.15, 0.2) is 11.5 Å². The van der Waals surface area contributed by atoms with E-state index in [2.05, 4.69) is 10.6 Å². The van der Waals surface area contributed by atoms with Crippen LogP contribution in [0.2, 0.25) is 0 Å². The first kappa shape index (κ1) is 21.7. The smallest absolute Gasteiger partial charge is 0.253 e. The summed E-state index contributed by atoms with van der Waals surface area (Å²) in [6.45, 7) is 1.26. The van der Waals surface area contributed by atoms with Gasteiger partial charge in [0.1, 0.15) is 0 Å². The zero-order chi connectivity index (χ0) is 18.5. The Morgan fingerprint density at radius 3 is 2.48 bits per heavy atom. The van der Waals surface area contributed by atoms with Gasteiger partial charge in [0, 0.05) is 36.3 Å². The first-order valence-corrected chi connectivity index (χ1v) is 9.90. The molecule has 7 nitrogen and oxygen atoms in total. The second-order valence-electron chi connectivity index (χ2n) is 6.42. The molecule has 0 bridgehead atoms. The lowest BCUT2D eigenvalue weighted by Gasteiger charge is -2.33. The van der Waals surface area contributed by atoms with Crippen molar-refractivity contribution in [2.45, 2.75) is 24.9 Å². The van der Waals surface area contributed by atoms with E-state index >= 15 is 0 Å². The third-order valence-electron chi connectivity index (χ3n) is 4.79.